The molecule has 0 N–H and O–H groups in total. The number of rotatable bonds is 7. The van der Waals surface area contributed by atoms with Gasteiger partial charge in [0.15, 0.2) is 11.5 Å². The maximum Gasteiger partial charge on any atom is 0.264 e. The van der Waals surface area contributed by atoms with Gasteiger partial charge in [-0.25, -0.2) is 8.42 Å². The first-order valence-electron chi connectivity index (χ1n) is 10.6. The summed E-state index contributed by atoms with van der Waals surface area (Å²) in [6.07, 6.45) is 0.732. The third kappa shape index (κ3) is 4.26. The molecule has 0 saturated carbocycles. The molecule has 0 spiro atoms. The van der Waals surface area contributed by atoms with E-state index in [1.165, 1.54) is 32.4 Å². The van der Waals surface area contributed by atoms with Crippen LogP contribution < -0.4 is 18.7 Å². The van der Waals surface area contributed by atoms with E-state index in [4.69, 9.17) is 9.47 Å². The number of sulfonamides is 1. The lowest BCUT2D eigenvalue weighted by Crippen LogP contribution is -2.45. The van der Waals surface area contributed by atoms with Crippen LogP contribution in [0.25, 0.3) is 0 Å². The zero-order chi connectivity index (χ0) is 23.6. The SMILES string of the molecule is COc1ccc(S(=O)(=O)N(CC(=O)N2c3ccccc3CC2C)c2ccccc2)cc1OC. The van der Waals surface area contributed by atoms with Gasteiger partial charge in [0, 0.05) is 17.8 Å². The van der Waals surface area contributed by atoms with Crippen molar-refractivity contribution < 1.29 is 22.7 Å². The van der Waals surface area contributed by atoms with Gasteiger partial charge in [0.05, 0.1) is 24.8 Å². The summed E-state index contributed by atoms with van der Waals surface area (Å²) >= 11 is 0. The van der Waals surface area contributed by atoms with Gasteiger partial charge < -0.3 is 14.4 Å². The largest absolute Gasteiger partial charge is 0.493 e. The number of hydrogen-bond donors (Lipinski definition) is 0. The van der Waals surface area contributed by atoms with Crippen molar-refractivity contribution in [2.24, 2.45) is 0 Å². The van der Waals surface area contributed by atoms with E-state index in [0.29, 0.717) is 17.2 Å². The van der Waals surface area contributed by atoms with Crippen LogP contribution in [0.3, 0.4) is 0 Å². The van der Waals surface area contributed by atoms with E-state index in [1.54, 1.807) is 35.2 Å². The number of para-hydroxylation sites is 2. The second-order valence-corrected chi connectivity index (χ2v) is 9.67. The van der Waals surface area contributed by atoms with Crippen LogP contribution in [0.1, 0.15) is 12.5 Å². The van der Waals surface area contributed by atoms with Gasteiger partial charge in [-0.3, -0.25) is 9.10 Å². The fraction of sp³-hybridized carbons (Fsp3) is 0.240. The molecule has 1 atom stereocenters. The molecule has 3 aromatic rings. The summed E-state index contributed by atoms with van der Waals surface area (Å²) in [5.74, 6) is 0.418. The van der Waals surface area contributed by atoms with Gasteiger partial charge in [-0.15, -0.1) is 0 Å². The molecule has 3 aromatic carbocycles. The molecule has 1 unspecified atom stereocenters. The van der Waals surface area contributed by atoms with Crippen molar-refractivity contribution in [2.45, 2.75) is 24.3 Å². The lowest BCUT2D eigenvalue weighted by molar-refractivity contribution is -0.117. The quantitative estimate of drug-likeness (QED) is 0.528. The van der Waals surface area contributed by atoms with E-state index in [-0.39, 0.29) is 23.4 Å². The van der Waals surface area contributed by atoms with Crippen LogP contribution in [-0.4, -0.2) is 41.1 Å². The highest BCUT2D eigenvalue weighted by atomic mass is 32.2. The predicted octanol–water partition coefficient (Wildman–Crippen LogP) is 3.88. The van der Waals surface area contributed by atoms with Crippen molar-refractivity contribution >= 4 is 27.3 Å². The number of hydrogen-bond acceptors (Lipinski definition) is 5. The van der Waals surface area contributed by atoms with Crippen LogP contribution in [0.4, 0.5) is 11.4 Å². The molecule has 1 aliphatic heterocycles. The number of nitrogens with zero attached hydrogens (tertiary/aromatic N) is 2. The maximum atomic E-state index is 13.7. The third-order valence-corrected chi connectivity index (χ3v) is 7.51. The molecule has 1 amide bonds. The number of ether oxygens (including phenoxy) is 2. The Bertz CT molecular complexity index is 1260. The van der Waals surface area contributed by atoms with Crippen molar-refractivity contribution in [3.05, 3.63) is 78.4 Å². The Kier molecular flexibility index (Phi) is 6.29. The molecule has 33 heavy (non-hydrogen) atoms. The van der Waals surface area contributed by atoms with Crippen molar-refractivity contribution in [3.63, 3.8) is 0 Å². The van der Waals surface area contributed by atoms with Gasteiger partial charge in [-0.1, -0.05) is 36.4 Å². The highest BCUT2D eigenvalue weighted by molar-refractivity contribution is 7.92. The zero-order valence-electron chi connectivity index (χ0n) is 18.8. The normalized spacial score (nSPS) is 15.1. The van der Waals surface area contributed by atoms with Gasteiger partial charge in [-0.05, 0) is 49.2 Å². The summed E-state index contributed by atoms with van der Waals surface area (Å²) in [6.45, 7) is 1.63. The summed E-state index contributed by atoms with van der Waals surface area (Å²) in [5.41, 5.74) is 2.31. The zero-order valence-corrected chi connectivity index (χ0v) is 19.6. The first-order valence-corrected chi connectivity index (χ1v) is 12.0. The molecule has 172 valence electrons. The van der Waals surface area contributed by atoms with Crippen LogP contribution in [0.15, 0.2) is 77.7 Å². The Morgan fingerprint density at radius 1 is 0.970 bits per heavy atom. The Balaban J connectivity index is 1.73. The van der Waals surface area contributed by atoms with Gasteiger partial charge in [0.2, 0.25) is 5.91 Å². The molecule has 1 heterocycles. The van der Waals surface area contributed by atoms with Crippen LogP contribution >= 0.6 is 0 Å². The molecule has 4 rings (SSSR count). The van der Waals surface area contributed by atoms with E-state index >= 15 is 0 Å². The fourth-order valence-corrected chi connectivity index (χ4v) is 5.59. The number of carbonyl (C=O) groups excluding carboxylic acids is 1. The standard InChI is InChI=1S/C25H26N2O5S/c1-18-15-19-9-7-8-12-22(19)27(18)25(28)17-26(20-10-5-4-6-11-20)33(29,30)21-13-14-23(31-2)24(16-21)32-3/h4-14,16,18H,15,17H2,1-3H3. The molecule has 7 nitrogen and oxygen atoms in total. The predicted molar refractivity (Wildman–Crippen MR) is 128 cm³/mol. The Morgan fingerprint density at radius 3 is 2.33 bits per heavy atom. The maximum absolute atomic E-state index is 13.7. The molecule has 0 fully saturated rings. The van der Waals surface area contributed by atoms with Gasteiger partial charge >= 0.3 is 0 Å². The summed E-state index contributed by atoms with van der Waals surface area (Å²) in [7, 11) is -1.16. The smallest absolute Gasteiger partial charge is 0.264 e. The Hall–Kier alpha value is -3.52. The van der Waals surface area contributed by atoms with Crippen LogP contribution in [-0.2, 0) is 21.2 Å². The number of anilines is 2. The van der Waals surface area contributed by atoms with Crippen molar-refractivity contribution in [3.8, 4) is 11.5 Å². The minimum absolute atomic E-state index is 0.00618. The molecular formula is C25H26N2O5S. The van der Waals surface area contributed by atoms with E-state index in [0.717, 1.165) is 22.0 Å². The molecule has 0 aromatic heterocycles. The first kappa shape index (κ1) is 22.7. The van der Waals surface area contributed by atoms with Gasteiger partial charge in [0.25, 0.3) is 10.0 Å². The topological polar surface area (TPSA) is 76.2 Å². The van der Waals surface area contributed by atoms with Crippen LogP contribution in [0, 0.1) is 0 Å². The minimum atomic E-state index is -4.08. The molecule has 0 bridgehead atoms. The van der Waals surface area contributed by atoms with Crippen LogP contribution in [0.5, 0.6) is 11.5 Å². The van der Waals surface area contributed by atoms with E-state index in [1.807, 2.05) is 31.2 Å². The molecule has 8 heteroatoms. The van der Waals surface area contributed by atoms with Gasteiger partial charge in [-0.2, -0.15) is 0 Å². The van der Waals surface area contributed by atoms with E-state index in [9.17, 15) is 13.2 Å². The minimum Gasteiger partial charge on any atom is -0.493 e. The molecule has 0 saturated heterocycles. The molecule has 1 aliphatic rings. The highest BCUT2D eigenvalue weighted by Gasteiger charge is 2.35. The monoisotopic (exact) mass is 466 g/mol. The fourth-order valence-electron chi connectivity index (χ4n) is 4.16. The Morgan fingerprint density at radius 2 is 1.64 bits per heavy atom. The first-order chi connectivity index (χ1) is 15.9. The summed E-state index contributed by atoms with van der Waals surface area (Å²) in [5, 5.41) is 0. The molecule has 0 radical (unpaired) electrons. The molecule has 0 aliphatic carbocycles. The average molecular weight is 467 g/mol. The van der Waals surface area contributed by atoms with Crippen LogP contribution in [0.2, 0.25) is 0 Å². The lowest BCUT2D eigenvalue weighted by atomic mass is 10.1. The van der Waals surface area contributed by atoms with E-state index < -0.39 is 10.0 Å². The summed E-state index contributed by atoms with van der Waals surface area (Å²) in [4.78, 5) is 15.2. The number of methoxy groups -OCH3 is 2. The number of fused-ring (bicyclic) bond motifs is 1. The van der Waals surface area contributed by atoms with Crippen molar-refractivity contribution in [2.75, 3.05) is 30.0 Å². The summed E-state index contributed by atoms with van der Waals surface area (Å²) in [6, 6.07) is 20.7. The second kappa shape index (κ2) is 9.15. The van der Waals surface area contributed by atoms with E-state index in [2.05, 4.69) is 0 Å². The highest BCUT2D eigenvalue weighted by Crippen LogP contribution is 2.34. The lowest BCUT2D eigenvalue weighted by Gasteiger charge is -2.29. The second-order valence-electron chi connectivity index (χ2n) is 7.81. The third-order valence-electron chi connectivity index (χ3n) is 5.74. The molecular weight excluding hydrogens is 440 g/mol. The van der Waals surface area contributed by atoms with Crippen molar-refractivity contribution in [1.82, 2.24) is 0 Å². The number of benzene rings is 3. The van der Waals surface area contributed by atoms with Crippen molar-refractivity contribution in [1.29, 1.82) is 0 Å². The van der Waals surface area contributed by atoms with Gasteiger partial charge in [0.1, 0.15) is 6.54 Å². The Labute approximate surface area is 194 Å². The number of amides is 1. The average Bonchev–Trinajstić information content (AvgIpc) is 3.18. The summed E-state index contributed by atoms with van der Waals surface area (Å²) < 4.78 is 39.1. The number of carbonyl (C=O) groups is 1.